The minimum atomic E-state index is -0.523. The molecular weight excluding hydrogens is 509 g/mol. The van der Waals surface area contributed by atoms with Gasteiger partial charge in [0.1, 0.15) is 4.32 Å². The number of hydrazine groups is 1. The van der Waals surface area contributed by atoms with Crippen LogP contribution in [0.2, 0.25) is 10.0 Å². The molecule has 1 aliphatic heterocycles. The number of carbonyl (C=O) groups is 3. The quantitative estimate of drug-likeness (QED) is 0.211. The Morgan fingerprint density at radius 2 is 1.94 bits per heavy atom. The maximum Gasteiger partial charge on any atom is 0.271 e. The fraction of sp³-hybridized carbons (Fsp3) is 0.238. The molecule has 32 heavy (non-hydrogen) atoms. The van der Waals surface area contributed by atoms with E-state index in [1.807, 2.05) is 23.6 Å². The number of rotatable bonds is 8. The summed E-state index contributed by atoms with van der Waals surface area (Å²) in [4.78, 5) is 39.9. The number of nitrogens with one attached hydrogen (secondary N) is 2. The first-order valence-corrected chi connectivity index (χ1v) is 12.5. The van der Waals surface area contributed by atoms with Crippen molar-refractivity contribution in [3.05, 3.63) is 61.1 Å². The number of nitrogens with zero attached hydrogens (tertiary/aromatic N) is 1. The van der Waals surface area contributed by atoms with Crippen molar-refractivity contribution >= 4 is 86.6 Å². The largest absolute Gasteiger partial charge is 0.293 e. The van der Waals surface area contributed by atoms with Gasteiger partial charge in [0.05, 0.1) is 15.5 Å². The van der Waals surface area contributed by atoms with E-state index in [2.05, 4.69) is 10.9 Å². The third-order valence-corrected chi connectivity index (χ3v) is 7.21. The van der Waals surface area contributed by atoms with E-state index in [4.69, 9.17) is 35.4 Å². The third kappa shape index (κ3) is 6.79. The number of hydrogen-bond donors (Lipinski definition) is 2. The van der Waals surface area contributed by atoms with Gasteiger partial charge in [-0.3, -0.25) is 30.1 Å². The number of thioether (sulfide) groups is 1. The number of benzene rings is 1. The molecule has 3 amide bonds. The van der Waals surface area contributed by atoms with Crippen molar-refractivity contribution in [2.24, 2.45) is 0 Å². The van der Waals surface area contributed by atoms with Gasteiger partial charge in [-0.25, -0.2) is 0 Å². The molecule has 168 valence electrons. The summed E-state index contributed by atoms with van der Waals surface area (Å²) in [7, 11) is 0. The Labute approximate surface area is 209 Å². The first-order valence-electron chi connectivity index (χ1n) is 9.68. The molecule has 0 spiro atoms. The highest BCUT2D eigenvalue weighted by molar-refractivity contribution is 8.26. The average Bonchev–Trinajstić information content (AvgIpc) is 3.35. The first-order chi connectivity index (χ1) is 15.3. The Hall–Kier alpha value is -1.91. The van der Waals surface area contributed by atoms with Crippen LogP contribution in [0.4, 0.5) is 0 Å². The minimum Gasteiger partial charge on any atom is -0.293 e. The minimum absolute atomic E-state index is 0.0743. The van der Waals surface area contributed by atoms with Crippen LogP contribution in [0.3, 0.4) is 0 Å². The molecule has 2 aromatic rings. The smallest absolute Gasteiger partial charge is 0.271 e. The van der Waals surface area contributed by atoms with Crippen molar-refractivity contribution in [3.8, 4) is 0 Å². The number of hydrogen-bond acceptors (Lipinski definition) is 6. The molecule has 0 unspecified atom stereocenters. The van der Waals surface area contributed by atoms with E-state index in [0.717, 1.165) is 17.7 Å². The number of halogens is 2. The maximum atomic E-state index is 12.6. The highest BCUT2D eigenvalue weighted by Crippen LogP contribution is 2.33. The molecule has 11 heteroatoms. The van der Waals surface area contributed by atoms with Crippen LogP contribution in [-0.4, -0.2) is 33.5 Å². The Morgan fingerprint density at radius 1 is 1.12 bits per heavy atom. The van der Waals surface area contributed by atoms with Gasteiger partial charge in [-0.2, -0.15) is 0 Å². The predicted molar refractivity (Wildman–Crippen MR) is 135 cm³/mol. The number of unbranched alkanes of at least 4 members (excludes halogenated alkanes) is 2. The second kappa shape index (κ2) is 11.8. The van der Waals surface area contributed by atoms with E-state index in [0.29, 0.717) is 27.2 Å². The van der Waals surface area contributed by atoms with Crippen molar-refractivity contribution < 1.29 is 14.4 Å². The van der Waals surface area contributed by atoms with Gasteiger partial charge < -0.3 is 0 Å². The highest BCUT2D eigenvalue weighted by Gasteiger charge is 2.31. The molecule has 1 fully saturated rings. The number of carbonyl (C=O) groups excluding carboxylic acids is 3. The maximum absolute atomic E-state index is 12.6. The van der Waals surface area contributed by atoms with Crippen LogP contribution in [0.15, 0.2) is 40.6 Å². The third-order valence-electron chi connectivity index (χ3n) is 4.47. The summed E-state index contributed by atoms with van der Waals surface area (Å²) in [6.45, 7) is 0.514. The standard InChI is InChI=1S/C21H19Cl2N3O3S3/c22-13-7-8-15(16(23)11-13)19(28)25-24-18(27)6-2-1-3-9-26-20(29)17(32-21(26)30)12-14-5-4-10-31-14/h4-5,7-8,10-12H,1-3,6,9H2,(H,24,27)(H,25,28). The Morgan fingerprint density at radius 3 is 2.66 bits per heavy atom. The second-order valence-electron chi connectivity index (χ2n) is 6.79. The van der Waals surface area contributed by atoms with Gasteiger partial charge in [-0.15, -0.1) is 11.3 Å². The van der Waals surface area contributed by atoms with Crippen molar-refractivity contribution in [2.75, 3.05) is 6.54 Å². The molecule has 0 atom stereocenters. The van der Waals surface area contributed by atoms with Gasteiger partial charge in [0.15, 0.2) is 0 Å². The average molecular weight is 529 g/mol. The summed E-state index contributed by atoms with van der Waals surface area (Å²) in [5.41, 5.74) is 4.92. The first kappa shape index (κ1) is 24.7. The molecule has 1 aromatic heterocycles. The van der Waals surface area contributed by atoms with Gasteiger partial charge in [0, 0.05) is 22.9 Å². The summed E-state index contributed by atoms with van der Waals surface area (Å²) in [6, 6.07) is 8.37. The molecular formula is C21H19Cl2N3O3S3. The fourth-order valence-electron chi connectivity index (χ4n) is 2.86. The molecule has 1 saturated heterocycles. The number of thiocarbonyl (C=S) groups is 1. The highest BCUT2D eigenvalue weighted by atomic mass is 35.5. The SMILES string of the molecule is O=C(CCCCCN1C(=O)C(=Cc2cccs2)SC1=S)NNC(=O)c1ccc(Cl)cc1Cl. The van der Waals surface area contributed by atoms with E-state index < -0.39 is 5.91 Å². The summed E-state index contributed by atoms with van der Waals surface area (Å²) >= 11 is 20.0. The number of thiophene rings is 1. The lowest BCUT2D eigenvalue weighted by Gasteiger charge is -2.14. The second-order valence-corrected chi connectivity index (χ2v) is 10.3. The molecule has 2 N–H and O–H groups in total. The van der Waals surface area contributed by atoms with Gasteiger partial charge in [-0.1, -0.05) is 59.7 Å². The summed E-state index contributed by atoms with van der Waals surface area (Å²) in [5, 5.41) is 2.58. The lowest BCUT2D eigenvalue weighted by Crippen LogP contribution is -2.41. The summed E-state index contributed by atoms with van der Waals surface area (Å²) in [5.74, 6) is -0.910. The van der Waals surface area contributed by atoms with Gasteiger partial charge in [0.2, 0.25) is 5.91 Å². The van der Waals surface area contributed by atoms with E-state index in [1.54, 1.807) is 22.3 Å². The molecule has 1 aromatic carbocycles. The molecule has 1 aliphatic rings. The van der Waals surface area contributed by atoms with Crippen LogP contribution in [-0.2, 0) is 9.59 Å². The molecule has 3 rings (SSSR count). The molecule has 6 nitrogen and oxygen atoms in total. The zero-order chi connectivity index (χ0) is 23.1. The predicted octanol–water partition coefficient (Wildman–Crippen LogP) is 5.28. The van der Waals surface area contributed by atoms with Crippen LogP contribution in [0.5, 0.6) is 0 Å². The molecule has 0 bridgehead atoms. The van der Waals surface area contributed by atoms with E-state index in [-0.39, 0.29) is 28.8 Å². The monoisotopic (exact) mass is 527 g/mol. The summed E-state index contributed by atoms with van der Waals surface area (Å²) < 4.78 is 0.555. The molecule has 2 heterocycles. The molecule has 0 radical (unpaired) electrons. The van der Waals surface area contributed by atoms with Crippen molar-refractivity contribution in [1.82, 2.24) is 15.8 Å². The Kier molecular flexibility index (Phi) is 9.12. The lowest BCUT2D eigenvalue weighted by molar-refractivity contribution is -0.123. The van der Waals surface area contributed by atoms with Crippen LogP contribution in [0.25, 0.3) is 6.08 Å². The number of amides is 3. The Balaban J connectivity index is 1.34. The van der Waals surface area contributed by atoms with Crippen molar-refractivity contribution in [3.63, 3.8) is 0 Å². The zero-order valence-corrected chi connectivity index (χ0v) is 20.7. The van der Waals surface area contributed by atoms with E-state index in [9.17, 15) is 14.4 Å². The topological polar surface area (TPSA) is 78.5 Å². The fourth-order valence-corrected chi connectivity index (χ4v) is 5.38. The van der Waals surface area contributed by atoms with Gasteiger partial charge in [-0.05, 0) is 48.6 Å². The van der Waals surface area contributed by atoms with Gasteiger partial charge >= 0.3 is 0 Å². The molecule has 0 aliphatic carbocycles. The molecule has 0 saturated carbocycles. The lowest BCUT2D eigenvalue weighted by atomic mass is 10.2. The zero-order valence-electron chi connectivity index (χ0n) is 16.7. The Bertz CT molecular complexity index is 1060. The van der Waals surface area contributed by atoms with Crippen molar-refractivity contribution in [2.45, 2.75) is 25.7 Å². The summed E-state index contributed by atoms with van der Waals surface area (Å²) in [6.07, 6.45) is 4.18. The van der Waals surface area contributed by atoms with E-state index >= 15 is 0 Å². The van der Waals surface area contributed by atoms with Crippen LogP contribution in [0.1, 0.15) is 40.9 Å². The van der Waals surface area contributed by atoms with Crippen LogP contribution < -0.4 is 10.9 Å². The normalized spacial score (nSPS) is 14.8. The van der Waals surface area contributed by atoms with Crippen molar-refractivity contribution in [1.29, 1.82) is 0 Å². The van der Waals surface area contributed by atoms with Crippen LogP contribution >= 0.6 is 58.5 Å². The van der Waals surface area contributed by atoms with Crippen LogP contribution in [0, 0.1) is 0 Å². The van der Waals surface area contributed by atoms with Gasteiger partial charge in [0.25, 0.3) is 11.8 Å². The van der Waals surface area contributed by atoms with E-state index in [1.165, 1.54) is 23.9 Å².